The van der Waals surface area contributed by atoms with Crippen LogP contribution in [-0.2, 0) is 26.1 Å². The van der Waals surface area contributed by atoms with Gasteiger partial charge in [0.05, 0.1) is 19.8 Å². The van der Waals surface area contributed by atoms with Crippen molar-refractivity contribution in [1.29, 1.82) is 0 Å². The molecule has 0 spiro atoms. The largest absolute Gasteiger partial charge is 0.468 e. The van der Waals surface area contributed by atoms with Gasteiger partial charge in [-0.15, -0.1) is 0 Å². The molecule has 4 heteroatoms. The minimum atomic E-state index is -0.874. The quantitative estimate of drug-likeness (QED) is 0.618. The smallest absolute Gasteiger partial charge is 0.338 e. The van der Waals surface area contributed by atoms with E-state index in [9.17, 15) is 9.59 Å². The van der Waals surface area contributed by atoms with E-state index in [0.29, 0.717) is 18.4 Å². The van der Waals surface area contributed by atoms with Crippen molar-refractivity contribution in [2.75, 3.05) is 14.2 Å². The van der Waals surface area contributed by atoms with Gasteiger partial charge < -0.3 is 9.47 Å². The summed E-state index contributed by atoms with van der Waals surface area (Å²) >= 11 is 0. The Morgan fingerprint density at radius 1 is 1.25 bits per heavy atom. The molecule has 1 aromatic rings. The molecule has 4 nitrogen and oxygen atoms in total. The average Bonchev–Trinajstić information content (AvgIpc) is 2.59. The van der Waals surface area contributed by atoms with Crippen LogP contribution in [-0.4, -0.2) is 26.2 Å². The number of fused-ring (bicyclic) bond motifs is 4. The zero-order chi connectivity index (χ0) is 17.5. The Labute approximate surface area is 142 Å². The topological polar surface area (TPSA) is 52.6 Å². The number of carbonyl (C=O) groups excluding carboxylic acids is 2. The van der Waals surface area contributed by atoms with Crippen LogP contribution in [0.1, 0.15) is 41.3 Å². The summed E-state index contributed by atoms with van der Waals surface area (Å²) in [4.78, 5) is 25.1. The van der Waals surface area contributed by atoms with Crippen molar-refractivity contribution < 1.29 is 19.1 Å². The lowest BCUT2D eigenvalue weighted by atomic mass is 9.55. The molecule has 0 aliphatic heterocycles. The van der Waals surface area contributed by atoms with E-state index < -0.39 is 5.41 Å². The first-order chi connectivity index (χ1) is 11.5. The monoisotopic (exact) mass is 326 g/mol. The highest BCUT2D eigenvalue weighted by molar-refractivity contribution is 5.95. The predicted molar refractivity (Wildman–Crippen MR) is 90.8 cm³/mol. The fourth-order valence-electron chi connectivity index (χ4n) is 4.50. The molecule has 0 aromatic heterocycles. The van der Waals surface area contributed by atoms with Crippen molar-refractivity contribution in [3.05, 3.63) is 58.7 Å². The van der Waals surface area contributed by atoms with Crippen molar-refractivity contribution in [3.8, 4) is 0 Å². The number of hydrogen-bond acceptors (Lipinski definition) is 4. The number of rotatable bonds is 2. The summed E-state index contributed by atoms with van der Waals surface area (Å²) in [6.07, 6.45) is 4.08. The van der Waals surface area contributed by atoms with Crippen molar-refractivity contribution in [2.45, 2.75) is 31.6 Å². The normalized spacial score (nSPS) is 26.7. The van der Waals surface area contributed by atoms with Gasteiger partial charge in [-0.3, -0.25) is 4.79 Å². The van der Waals surface area contributed by atoms with Gasteiger partial charge in [0.1, 0.15) is 5.41 Å². The van der Waals surface area contributed by atoms with Crippen LogP contribution < -0.4 is 0 Å². The van der Waals surface area contributed by atoms with Crippen LogP contribution in [0, 0.1) is 5.92 Å². The molecule has 0 radical (unpaired) electrons. The Morgan fingerprint density at radius 2 is 2.00 bits per heavy atom. The molecule has 0 saturated heterocycles. The van der Waals surface area contributed by atoms with E-state index in [1.807, 2.05) is 19.1 Å². The van der Waals surface area contributed by atoms with Crippen LogP contribution >= 0.6 is 0 Å². The Kier molecular flexibility index (Phi) is 4.08. The molecule has 2 bridgehead atoms. The van der Waals surface area contributed by atoms with Crippen LogP contribution in [0.4, 0.5) is 0 Å². The molecule has 1 aromatic carbocycles. The summed E-state index contributed by atoms with van der Waals surface area (Å²) in [6, 6.07) is 5.50. The molecule has 2 aliphatic rings. The van der Waals surface area contributed by atoms with Crippen molar-refractivity contribution in [3.63, 3.8) is 0 Å². The molecule has 2 unspecified atom stereocenters. The number of hydrogen-bond donors (Lipinski definition) is 0. The van der Waals surface area contributed by atoms with E-state index in [1.165, 1.54) is 14.2 Å². The summed E-state index contributed by atoms with van der Waals surface area (Å²) in [7, 11) is 2.79. The number of allylic oxidation sites excluding steroid dienone is 2. The summed E-state index contributed by atoms with van der Waals surface area (Å²) < 4.78 is 10.1. The molecule has 2 aliphatic carbocycles. The number of ether oxygens (including phenoxy) is 2. The van der Waals surface area contributed by atoms with E-state index in [1.54, 1.807) is 12.1 Å². The maximum absolute atomic E-state index is 12.9. The van der Waals surface area contributed by atoms with E-state index in [2.05, 4.69) is 6.58 Å². The maximum Gasteiger partial charge on any atom is 0.338 e. The fourth-order valence-corrected chi connectivity index (χ4v) is 4.50. The second kappa shape index (κ2) is 5.93. The van der Waals surface area contributed by atoms with Gasteiger partial charge in [0, 0.05) is 0 Å². The van der Waals surface area contributed by atoms with Gasteiger partial charge >= 0.3 is 11.9 Å². The van der Waals surface area contributed by atoms with E-state index >= 15 is 0 Å². The van der Waals surface area contributed by atoms with E-state index in [-0.39, 0.29) is 17.9 Å². The summed E-state index contributed by atoms with van der Waals surface area (Å²) in [5, 5.41) is 0. The first-order valence-electron chi connectivity index (χ1n) is 8.12. The van der Waals surface area contributed by atoms with Crippen molar-refractivity contribution in [1.82, 2.24) is 0 Å². The molecule has 126 valence electrons. The van der Waals surface area contributed by atoms with Gasteiger partial charge in [-0.05, 0) is 54.9 Å². The van der Waals surface area contributed by atoms with Gasteiger partial charge in [0.25, 0.3) is 0 Å². The van der Waals surface area contributed by atoms with Gasteiger partial charge in [-0.1, -0.05) is 30.4 Å². The summed E-state index contributed by atoms with van der Waals surface area (Å²) in [5.74, 6) is -0.495. The van der Waals surface area contributed by atoms with Crippen molar-refractivity contribution >= 4 is 11.9 Å². The van der Waals surface area contributed by atoms with Gasteiger partial charge in [-0.25, -0.2) is 4.79 Å². The first-order valence-corrected chi connectivity index (χ1v) is 8.12. The van der Waals surface area contributed by atoms with Gasteiger partial charge in [-0.2, -0.15) is 0 Å². The maximum atomic E-state index is 12.9. The van der Waals surface area contributed by atoms with Gasteiger partial charge in [0.2, 0.25) is 0 Å². The molecule has 1 saturated carbocycles. The van der Waals surface area contributed by atoms with Crippen LogP contribution in [0.5, 0.6) is 0 Å². The minimum Gasteiger partial charge on any atom is -0.468 e. The Balaban J connectivity index is 2.33. The van der Waals surface area contributed by atoms with Crippen LogP contribution in [0.3, 0.4) is 0 Å². The molecule has 2 atom stereocenters. The highest BCUT2D eigenvalue weighted by Gasteiger charge is 2.54. The standard InChI is InChI=1S/C20H22O4/c1-5-16-13-9-12(2)11-20(16,19(22)24-4)17-8-6-7-14(15(17)10-13)18(21)23-3/h5-8,13H,2,9-11H2,1,3-4H3/b16-5+. The number of esters is 2. The number of benzene rings is 1. The molecule has 0 amide bonds. The minimum absolute atomic E-state index is 0.161. The molecular formula is C20H22O4. The Bertz CT molecular complexity index is 759. The SMILES string of the molecule is C=C1CC2Cc3c(C(=O)OC)cccc3C(C(=O)OC)(C1)/C2=C/C. The zero-order valence-corrected chi connectivity index (χ0v) is 14.3. The van der Waals surface area contributed by atoms with Gasteiger partial charge in [0.15, 0.2) is 0 Å². The third-order valence-electron chi connectivity index (χ3n) is 5.32. The molecule has 24 heavy (non-hydrogen) atoms. The average molecular weight is 326 g/mol. The van der Waals surface area contributed by atoms with Crippen LogP contribution in [0.25, 0.3) is 0 Å². The Morgan fingerprint density at radius 3 is 2.62 bits per heavy atom. The molecule has 3 rings (SSSR count). The van der Waals surface area contributed by atoms with Crippen molar-refractivity contribution in [2.24, 2.45) is 5.92 Å². The van der Waals surface area contributed by atoms with Crippen LogP contribution in [0.15, 0.2) is 42.0 Å². The first kappa shape index (κ1) is 16.5. The molecule has 1 fully saturated rings. The third kappa shape index (κ3) is 2.13. The lowest BCUT2D eigenvalue weighted by Crippen LogP contribution is -2.48. The predicted octanol–water partition coefficient (Wildman–Crippen LogP) is 3.35. The zero-order valence-electron chi connectivity index (χ0n) is 14.3. The Hall–Kier alpha value is -2.36. The lowest BCUT2D eigenvalue weighted by Gasteiger charge is -2.48. The third-order valence-corrected chi connectivity index (χ3v) is 5.32. The molecule has 0 heterocycles. The highest BCUT2D eigenvalue weighted by Crippen LogP contribution is 2.54. The fraction of sp³-hybridized carbons (Fsp3) is 0.400. The number of carbonyl (C=O) groups is 2. The summed E-state index contributed by atoms with van der Waals surface area (Å²) in [5.41, 5.74) is 3.54. The second-order valence-electron chi connectivity index (χ2n) is 6.50. The highest BCUT2D eigenvalue weighted by atomic mass is 16.5. The number of methoxy groups -OCH3 is 2. The van der Waals surface area contributed by atoms with E-state index in [0.717, 1.165) is 28.7 Å². The molecular weight excluding hydrogens is 304 g/mol. The summed E-state index contributed by atoms with van der Waals surface area (Å²) in [6.45, 7) is 6.11. The lowest BCUT2D eigenvalue weighted by molar-refractivity contribution is -0.147. The second-order valence-corrected chi connectivity index (χ2v) is 6.50. The van der Waals surface area contributed by atoms with Crippen LogP contribution in [0.2, 0.25) is 0 Å². The van der Waals surface area contributed by atoms with E-state index in [4.69, 9.17) is 9.47 Å². The molecule has 0 N–H and O–H groups in total.